The molecule has 0 aliphatic heterocycles. The van der Waals surface area contributed by atoms with Crippen molar-refractivity contribution < 1.29 is 13.2 Å². The second-order valence-corrected chi connectivity index (χ2v) is 6.43. The van der Waals surface area contributed by atoms with Crippen molar-refractivity contribution in [1.29, 1.82) is 0 Å². The third-order valence-electron chi connectivity index (χ3n) is 2.27. The standard InChI is InChI=1S/C11H18BrN3O3S/c1-3-13-11-10(7-9(12)8-14-11)19(16,17)15-5-4-6-18-2/h7-8,15H,3-6H2,1-2H3,(H,13,14). The Balaban J connectivity index is 2.89. The molecule has 8 heteroatoms. The van der Waals surface area contributed by atoms with Gasteiger partial charge >= 0.3 is 0 Å². The first kappa shape index (κ1) is 16.4. The summed E-state index contributed by atoms with van der Waals surface area (Å²) < 4.78 is 32.4. The molecule has 1 aromatic heterocycles. The number of rotatable bonds is 8. The fourth-order valence-electron chi connectivity index (χ4n) is 1.43. The summed E-state index contributed by atoms with van der Waals surface area (Å²) in [6.45, 7) is 3.32. The molecular weight excluding hydrogens is 334 g/mol. The fourth-order valence-corrected chi connectivity index (χ4v) is 3.14. The van der Waals surface area contributed by atoms with Crippen molar-refractivity contribution in [3.63, 3.8) is 0 Å². The normalized spacial score (nSPS) is 11.5. The van der Waals surface area contributed by atoms with Crippen LogP contribution in [-0.2, 0) is 14.8 Å². The van der Waals surface area contributed by atoms with Gasteiger partial charge in [0.2, 0.25) is 10.0 Å². The molecule has 0 unspecified atom stereocenters. The van der Waals surface area contributed by atoms with Crippen molar-refractivity contribution in [2.75, 3.05) is 32.1 Å². The van der Waals surface area contributed by atoms with E-state index in [9.17, 15) is 8.42 Å². The van der Waals surface area contributed by atoms with Crippen molar-refractivity contribution in [3.8, 4) is 0 Å². The molecule has 0 bridgehead atoms. The zero-order valence-electron chi connectivity index (χ0n) is 10.9. The first-order chi connectivity index (χ1) is 9.01. The van der Waals surface area contributed by atoms with Gasteiger partial charge in [0.05, 0.1) is 0 Å². The van der Waals surface area contributed by atoms with Crippen LogP contribution in [0.2, 0.25) is 0 Å². The molecule has 0 amide bonds. The second-order valence-electron chi connectivity index (χ2n) is 3.77. The number of anilines is 1. The molecule has 0 saturated carbocycles. The van der Waals surface area contributed by atoms with Crippen LogP contribution >= 0.6 is 15.9 Å². The second kappa shape index (κ2) is 7.78. The van der Waals surface area contributed by atoms with Crippen molar-refractivity contribution in [2.45, 2.75) is 18.2 Å². The van der Waals surface area contributed by atoms with Crippen LogP contribution in [0.4, 0.5) is 5.82 Å². The minimum Gasteiger partial charge on any atom is -0.385 e. The van der Waals surface area contributed by atoms with E-state index in [0.29, 0.717) is 36.4 Å². The lowest BCUT2D eigenvalue weighted by molar-refractivity contribution is 0.196. The monoisotopic (exact) mass is 351 g/mol. The molecule has 0 saturated heterocycles. The van der Waals surface area contributed by atoms with Crippen LogP contribution in [0.5, 0.6) is 0 Å². The first-order valence-corrected chi connectivity index (χ1v) is 8.17. The fraction of sp³-hybridized carbons (Fsp3) is 0.545. The summed E-state index contributed by atoms with van der Waals surface area (Å²) >= 11 is 3.23. The summed E-state index contributed by atoms with van der Waals surface area (Å²) in [6, 6.07) is 1.53. The van der Waals surface area contributed by atoms with Gasteiger partial charge in [-0.25, -0.2) is 18.1 Å². The summed E-state index contributed by atoms with van der Waals surface area (Å²) in [4.78, 5) is 4.22. The highest BCUT2D eigenvalue weighted by Crippen LogP contribution is 2.22. The Morgan fingerprint density at radius 1 is 1.47 bits per heavy atom. The predicted octanol–water partition coefficient (Wildman–Crippen LogP) is 1.59. The number of hydrogen-bond acceptors (Lipinski definition) is 5. The number of nitrogens with zero attached hydrogens (tertiary/aromatic N) is 1. The number of hydrogen-bond donors (Lipinski definition) is 2. The molecule has 108 valence electrons. The maximum absolute atomic E-state index is 12.2. The first-order valence-electron chi connectivity index (χ1n) is 5.89. The number of halogens is 1. The third-order valence-corrected chi connectivity index (χ3v) is 4.18. The van der Waals surface area contributed by atoms with Crippen LogP contribution in [-0.4, -0.2) is 40.2 Å². The highest BCUT2D eigenvalue weighted by molar-refractivity contribution is 9.10. The third kappa shape index (κ3) is 5.06. The van der Waals surface area contributed by atoms with Gasteiger partial charge in [-0.05, 0) is 35.3 Å². The van der Waals surface area contributed by atoms with Gasteiger partial charge in [-0.3, -0.25) is 0 Å². The van der Waals surface area contributed by atoms with Gasteiger partial charge in [-0.15, -0.1) is 0 Å². The minimum atomic E-state index is -3.58. The average Bonchev–Trinajstić information content (AvgIpc) is 2.37. The average molecular weight is 352 g/mol. The molecule has 1 heterocycles. The molecule has 0 aliphatic rings. The molecule has 19 heavy (non-hydrogen) atoms. The molecule has 0 radical (unpaired) electrons. The van der Waals surface area contributed by atoms with Crippen LogP contribution in [0.15, 0.2) is 21.6 Å². The van der Waals surface area contributed by atoms with E-state index in [1.54, 1.807) is 13.3 Å². The van der Waals surface area contributed by atoms with Gasteiger partial charge in [-0.1, -0.05) is 0 Å². The largest absolute Gasteiger partial charge is 0.385 e. The Bertz CT molecular complexity index is 508. The quantitative estimate of drug-likeness (QED) is 0.695. The van der Waals surface area contributed by atoms with Gasteiger partial charge in [0.1, 0.15) is 10.7 Å². The summed E-state index contributed by atoms with van der Waals surface area (Å²) in [5.41, 5.74) is 0. The van der Waals surface area contributed by atoms with E-state index in [1.807, 2.05) is 6.92 Å². The predicted molar refractivity (Wildman–Crippen MR) is 77.8 cm³/mol. The van der Waals surface area contributed by atoms with E-state index in [4.69, 9.17) is 4.74 Å². The zero-order chi connectivity index (χ0) is 14.3. The lowest BCUT2D eigenvalue weighted by atomic mass is 10.4. The van der Waals surface area contributed by atoms with Crippen LogP contribution in [0.25, 0.3) is 0 Å². The van der Waals surface area contributed by atoms with Crippen LogP contribution in [0.3, 0.4) is 0 Å². The Kier molecular flexibility index (Phi) is 6.70. The van der Waals surface area contributed by atoms with Crippen molar-refractivity contribution >= 4 is 31.8 Å². The molecule has 0 fully saturated rings. The van der Waals surface area contributed by atoms with E-state index in [-0.39, 0.29) is 4.90 Å². The van der Waals surface area contributed by atoms with E-state index in [2.05, 4.69) is 31.0 Å². The molecule has 0 aromatic carbocycles. The number of ether oxygens (including phenoxy) is 1. The molecule has 1 aromatic rings. The topological polar surface area (TPSA) is 80.3 Å². The zero-order valence-corrected chi connectivity index (χ0v) is 13.3. The van der Waals surface area contributed by atoms with Crippen LogP contribution < -0.4 is 10.0 Å². The Morgan fingerprint density at radius 3 is 2.84 bits per heavy atom. The molecule has 1 rings (SSSR count). The minimum absolute atomic E-state index is 0.140. The highest BCUT2D eigenvalue weighted by atomic mass is 79.9. The van der Waals surface area contributed by atoms with Gasteiger partial charge in [0.25, 0.3) is 0 Å². The summed E-state index contributed by atoms with van der Waals surface area (Å²) in [5, 5.41) is 2.94. The summed E-state index contributed by atoms with van der Waals surface area (Å²) in [7, 11) is -2.00. The van der Waals surface area contributed by atoms with E-state index >= 15 is 0 Å². The number of nitrogens with one attached hydrogen (secondary N) is 2. The Morgan fingerprint density at radius 2 is 2.21 bits per heavy atom. The smallest absolute Gasteiger partial charge is 0.244 e. The Labute approximate surface area is 122 Å². The van der Waals surface area contributed by atoms with E-state index < -0.39 is 10.0 Å². The van der Waals surface area contributed by atoms with Crippen LogP contribution in [0.1, 0.15) is 13.3 Å². The number of pyridine rings is 1. The van der Waals surface area contributed by atoms with Gasteiger partial charge in [0.15, 0.2) is 0 Å². The van der Waals surface area contributed by atoms with Crippen molar-refractivity contribution in [1.82, 2.24) is 9.71 Å². The highest BCUT2D eigenvalue weighted by Gasteiger charge is 2.19. The SMILES string of the molecule is CCNc1ncc(Br)cc1S(=O)(=O)NCCCOC. The molecule has 0 atom stereocenters. The molecule has 6 nitrogen and oxygen atoms in total. The van der Waals surface area contributed by atoms with E-state index in [0.717, 1.165) is 0 Å². The lowest BCUT2D eigenvalue weighted by Crippen LogP contribution is -2.26. The molecular formula is C11H18BrN3O3S. The molecule has 0 spiro atoms. The van der Waals surface area contributed by atoms with Crippen LogP contribution in [0, 0.1) is 0 Å². The van der Waals surface area contributed by atoms with Gasteiger partial charge < -0.3 is 10.1 Å². The lowest BCUT2D eigenvalue weighted by Gasteiger charge is -2.11. The van der Waals surface area contributed by atoms with Gasteiger partial charge in [-0.2, -0.15) is 0 Å². The Hall–Kier alpha value is -0.700. The number of aromatic nitrogens is 1. The maximum Gasteiger partial charge on any atom is 0.244 e. The molecule has 0 aliphatic carbocycles. The van der Waals surface area contributed by atoms with Crippen molar-refractivity contribution in [3.05, 3.63) is 16.7 Å². The van der Waals surface area contributed by atoms with Crippen molar-refractivity contribution in [2.24, 2.45) is 0 Å². The van der Waals surface area contributed by atoms with Gasteiger partial charge in [0, 0.05) is 37.5 Å². The summed E-state index contributed by atoms with van der Waals surface area (Å²) in [6.07, 6.45) is 2.18. The molecule has 2 N–H and O–H groups in total. The van der Waals surface area contributed by atoms with E-state index in [1.165, 1.54) is 6.07 Å². The summed E-state index contributed by atoms with van der Waals surface area (Å²) in [5.74, 6) is 0.352. The number of sulfonamides is 1. The maximum atomic E-state index is 12.2. The number of methoxy groups -OCH3 is 1.